The highest BCUT2D eigenvalue weighted by atomic mass is 16.5. The number of carbonyl (C=O) groups excluding carboxylic acids is 1. The number of hydrogen-bond acceptors (Lipinski definition) is 4. The van der Waals surface area contributed by atoms with E-state index in [0.717, 1.165) is 38.9 Å². The number of esters is 1. The van der Waals surface area contributed by atoms with Gasteiger partial charge in [-0.05, 0) is 50.4 Å². The van der Waals surface area contributed by atoms with Crippen molar-refractivity contribution < 1.29 is 14.6 Å². The topological polar surface area (TPSA) is 49.8 Å². The van der Waals surface area contributed by atoms with Gasteiger partial charge in [0.1, 0.15) is 0 Å². The van der Waals surface area contributed by atoms with Crippen LogP contribution in [0.4, 0.5) is 0 Å². The Morgan fingerprint density at radius 3 is 2.65 bits per heavy atom. The molecular formula is C16H23NO3. The first kappa shape index (κ1) is 15.0. The molecule has 0 spiro atoms. The van der Waals surface area contributed by atoms with E-state index in [2.05, 4.69) is 9.64 Å². The number of aliphatic hydroxyl groups is 1. The van der Waals surface area contributed by atoms with Crippen molar-refractivity contribution in [2.75, 3.05) is 20.2 Å². The molecule has 20 heavy (non-hydrogen) atoms. The van der Waals surface area contributed by atoms with Crippen molar-refractivity contribution in [3.8, 4) is 0 Å². The van der Waals surface area contributed by atoms with Gasteiger partial charge >= 0.3 is 5.97 Å². The second-order valence-electron chi connectivity index (χ2n) is 5.82. The van der Waals surface area contributed by atoms with Crippen LogP contribution in [0.2, 0.25) is 0 Å². The fourth-order valence-electron chi connectivity index (χ4n) is 2.60. The third-order valence-electron chi connectivity index (χ3n) is 3.94. The fraction of sp³-hybridized carbons (Fsp3) is 0.562. The summed E-state index contributed by atoms with van der Waals surface area (Å²) in [5.41, 5.74) is 1.23. The summed E-state index contributed by atoms with van der Waals surface area (Å²) < 4.78 is 4.69. The van der Waals surface area contributed by atoms with Gasteiger partial charge in [0.25, 0.3) is 0 Å². The summed E-state index contributed by atoms with van der Waals surface area (Å²) in [6, 6.07) is 7.54. The van der Waals surface area contributed by atoms with E-state index < -0.39 is 5.60 Å². The molecule has 1 unspecified atom stereocenters. The number of ether oxygens (including phenoxy) is 1. The third kappa shape index (κ3) is 4.05. The molecule has 0 bridgehead atoms. The number of carbonyl (C=O) groups is 1. The van der Waals surface area contributed by atoms with E-state index in [1.807, 2.05) is 19.1 Å². The van der Waals surface area contributed by atoms with Crippen molar-refractivity contribution in [2.24, 2.45) is 0 Å². The van der Waals surface area contributed by atoms with E-state index in [1.54, 1.807) is 12.1 Å². The van der Waals surface area contributed by atoms with Crippen LogP contribution in [0, 0.1) is 0 Å². The van der Waals surface area contributed by atoms with Gasteiger partial charge in [0.15, 0.2) is 0 Å². The van der Waals surface area contributed by atoms with Crippen LogP contribution in [0.25, 0.3) is 0 Å². The average Bonchev–Trinajstić information content (AvgIpc) is 2.60. The van der Waals surface area contributed by atoms with Crippen molar-refractivity contribution in [1.82, 2.24) is 4.90 Å². The minimum atomic E-state index is -0.524. The molecule has 1 aliphatic rings. The molecule has 4 nitrogen and oxygen atoms in total. The van der Waals surface area contributed by atoms with Crippen molar-refractivity contribution >= 4 is 5.97 Å². The highest BCUT2D eigenvalue weighted by molar-refractivity contribution is 5.89. The lowest BCUT2D eigenvalue weighted by atomic mass is 9.98. The zero-order valence-corrected chi connectivity index (χ0v) is 12.3. The first-order valence-electron chi connectivity index (χ1n) is 7.12. The molecule has 4 heteroatoms. The Labute approximate surface area is 120 Å². The van der Waals surface area contributed by atoms with Crippen LogP contribution < -0.4 is 0 Å². The van der Waals surface area contributed by atoms with Gasteiger partial charge in [0, 0.05) is 13.1 Å². The van der Waals surface area contributed by atoms with Crippen molar-refractivity contribution in [1.29, 1.82) is 0 Å². The summed E-state index contributed by atoms with van der Waals surface area (Å²) in [5, 5.41) is 10.1. The number of benzene rings is 1. The molecule has 0 saturated carbocycles. The smallest absolute Gasteiger partial charge is 0.337 e. The minimum Gasteiger partial charge on any atom is -0.465 e. The van der Waals surface area contributed by atoms with E-state index in [-0.39, 0.29) is 5.97 Å². The van der Waals surface area contributed by atoms with Gasteiger partial charge in [0.05, 0.1) is 18.3 Å². The van der Waals surface area contributed by atoms with Crippen LogP contribution >= 0.6 is 0 Å². The third-order valence-corrected chi connectivity index (χ3v) is 3.94. The summed E-state index contributed by atoms with van der Waals surface area (Å²) in [6.07, 6.45) is 2.70. The van der Waals surface area contributed by atoms with Crippen LogP contribution in [-0.2, 0) is 11.3 Å². The number of likely N-dealkylation sites (tertiary alicyclic amines) is 1. The Bertz CT molecular complexity index is 453. The molecular weight excluding hydrogens is 254 g/mol. The molecule has 2 rings (SSSR count). The van der Waals surface area contributed by atoms with Gasteiger partial charge in [-0.2, -0.15) is 0 Å². The first-order chi connectivity index (χ1) is 9.50. The van der Waals surface area contributed by atoms with Crippen molar-refractivity contribution in [3.63, 3.8) is 0 Å². The molecule has 1 heterocycles. The van der Waals surface area contributed by atoms with E-state index in [0.29, 0.717) is 5.56 Å². The largest absolute Gasteiger partial charge is 0.465 e. The van der Waals surface area contributed by atoms with Gasteiger partial charge in [-0.15, -0.1) is 0 Å². The summed E-state index contributed by atoms with van der Waals surface area (Å²) >= 11 is 0. The first-order valence-corrected chi connectivity index (χ1v) is 7.12. The van der Waals surface area contributed by atoms with Gasteiger partial charge in [-0.25, -0.2) is 4.79 Å². The van der Waals surface area contributed by atoms with Gasteiger partial charge in [0.2, 0.25) is 0 Å². The second kappa shape index (κ2) is 6.37. The molecule has 0 radical (unpaired) electrons. The van der Waals surface area contributed by atoms with Crippen LogP contribution in [0.15, 0.2) is 24.3 Å². The lowest BCUT2D eigenvalue weighted by Gasteiger charge is -2.22. The maximum Gasteiger partial charge on any atom is 0.337 e. The van der Waals surface area contributed by atoms with Crippen LogP contribution in [0.1, 0.15) is 42.1 Å². The molecule has 1 aromatic carbocycles. The maximum atomic E-state index is 11.4. The van der Waals surface area contributed by atoms with E-state index in [1.165, 1.54) is 12.7 Å². The van der Waals surface area contributed by atoms with Crippen molar-refractivity contribution in [2.45, 2.75) is 38.3 Å². The zero-order valence-electron chi connectivity index (χ0n) is 12.3. The Balaban J connectivity index is 1.94. The Morgan fingerprint density at radius 1 is 1.30 bits per heavy atom. The lowest BCUT2D eigenvalue weighted by Crippen LogP contribution is -2.28. The van der Waals surface area contributed by atoms with E-state index in [9.17, 15) is 9.90 Å². The number of nitrogens with zero attached hydrogens (tertiary/aromatic N) is 1. The molecule has 110 valence electrons. The lowest BCUT2D eigenvalue weighted by molar-refractivity contribution is 0.0444. The molecule has 1 aliphatic heterocycles. The molecule has 1 fully saturated rings. The summed E-state index contributed by atoms with van der Waals surface area (Å²) in [7, 11) is 1.39. The monoisotopic (exact) mass is 277 g/mol. The van der Waals surface area contributed by atoms with Gasteiger partial charge in [-0.3, -0.25) is 4.90 Å². The van der Waals surface area contributed by atoms with E-state index >= 15 is 0 Å². The van der Waals surface area contributed by atoms with Crippen LogP contribution in [0.3, 0.4) is 0 Å². The standard InChI is InChI=1S/C16H23NO3/c1-16(19)8-3-10-17(11-9-16)12-13-4-6-14(7-5-13)15(18)20-2/h4-7,19H,3,8-12H2,1-2H3. The van der Waals surface area contributed by atoms with Gasteiger partial charge in [-0.1, -0.05) is 12.1 Å². The summed E-state index contributed by atoms with van der Waals surface area (Å²) in [5.74, 6) is -0.303. The molecule has 1 atom stereocenters. The number of methoxy groups -OCH3 is 1. The fourth-order valence-corrected chi connectivity index (χ4v) is 2.60. The minimum absolute atomic E-state index is 0.303. The Morgan fingerprint density at radius 2 is 2.00 bits per heavy atom. The molecule has 0 amide bonds. The predicted molar refractivity (Wildman–Crippen MR) is 77.5 cm³/mol. The predicted octanol–water partition coefficient (Wildman–Crippen LogP) is 2.21. The quantitative estimate of drug-likeness (QED) is 0.861. The summed E-state index contributed by atoms with van der Waals surface area (Å²) in [4.78, 5) is 13.7. The zero-order chi connectivity index (χ0) is 14.6. The van der Waals surface area contributed by atoms with Crippen LogP contribution in [-0.4, -0.2) is 41.8 Å². The molecule has 1 N–H and O–H groups in total. The average molecular weight is 277 g/mol. The SMILES string of the molecule is COC(=O)c1ccc(CN2CCCC(C)(O)CC2)cc1. The summed E-state index contributed by atoms with van der Waals surface area (Å²) in [6.45, 7) is 4.69. The molecule has 0 aromatic heterocycles. The van der Waals surface area contributed by atoms with Crippen LogP contribution in [0.5, 0.6) is 0 Å². The maximum absolute atomic E-state index is 11.4. The number of rotatable bonds is 3. The Kier molecular flexibility index (Phi) is 4.78. The molecule has 1 saturated heterocycles. The van der Waals surface area contributed by atoms with E-state index in [4.69, 9.17) is 0 Å². The van der Waals surface area contributed by atoms with Gasteiger partial charge < -0.3 is 9.84 Å². The highest BCUT2D eigenvalue weighted by Gasteiger charge is 2.24. The van der Waals surface area contributed by atoms with Crippen molar-refractivity contribution in [3.05, 3.63) is 35.4 Å². The molecule has 0 aliphatic carbocycles. The molecule has 1 aromatic rings. The Hall–Kier alpha value is -1.39. The number of hydrogen-bond donors (Lipinski definition) is 1. The highest BCUT2D eigenvalue weighted by Crippen LogP contribution is 2.22. The second-order valence-corrected chi connectivity index (χ2v) is 5.82. The normalized spacial score (nSPS) is 24.1.